The molecule has 136 valence electrons. The van der Waals surface area contributed by atoms with Gasteiger partial charge in [-0.05, 0) is 38.0 Å². The highest BCUT2D eigenvalue weighted by atomic mass is 16.5. The normalized spacial score (nSPS) is 17.8. The topological polar surface area (TPSA) is 56.3 Å². The minimum atomic E-state index is 0.272. The molecule has 1 unspecified atom stereocenters. The van der Waals surface area contributed by atoms with Crippen molar-refractivity contribution >= 4 is 0 Å². The summed E-state index contributed by atoms with van der Waals surface area (Å²) in [6, 6.07) is 8.65. The zero-order valence-corrected chi connectivity index (χ0v) is 15.3. The van der Waals surface area contributed by atoms with E-state index in [1.54, 1.807) is 6.20 Å². The number of ether oxygens (including phenoxy) is 1. The van der Waals surface area contributed by atoms with Gasteiger partial charge in [-0.2, -0.15) is 0 Å². The number of aryl methyl sites for hydroxylation is 2. The summed E-state index contributed by atoms with van der Waals surface area (Å²) in [4.78, 5) is 6.54. The van der Waals surface area contributed by atoms with Gasteiger partial charge in [-0.3, -0.25) is 4.90 Å². The monoisotopic (exact) mass is 352 g/mol. The first kappa shape index (κ1) is 17.0. The van der Waals surface area contributed by atoms with Gasteiger partial charge in [0.1, 0.15) is 5.76 Å². The van der Waals surface area contributed by atoms with Crippen molar-refractivity contribution in [1.82, 2.24) is 19.6 Å². The number of hydrogen-bond donors (Lipinski definition) is 0. The Morgan fingerprint density at radius 1 is 1.23 bits per heavy atom. The van der Waals surface area contributed by atoms with Crippen molar-refractivity contribution in [3.05, 3.63) is 65.6 Å². The average Bonchev–Trinajstić information content (AvgIpc) is 3.38. The molecule has 3 aromatic rings. The Kier molecular flexibility index (Phi) is 4.86. The fourth-order valence-electron chi connectivity index (χ4n) is 3.43. The van der Waals surface area contributed by atoms with Crippen LogP contribution in [0.1, 0.15) is 29.0 Å². The molecule has 0 aliphatic carbocycles. The molecule has 0 amide bonds. The summed E-state index contributed by atoms with van der Waals surface area (Å²) < 4.78 is 13.3. The Labute approximate surface area is 153 Å². The molecular weight excluding hydrogens is 328 g/mol. The molecule has 4 rings (SSSR count). The van der Waals surface area contributed by atoms with E-state index in [4.69, 9.17) is 9.26 Å². The van der Waals surface area contributed by atoms with E-state index in [0.717, 1.165) is 48.8 Å². The van der Waals surface area contributed by atoms with Gasteiger partial charge in [0.15, 0.2) is 0 Å². The smallest absolute Gasteiger partial charge is 0.139 e. The molecule has 6 heteroatoms. The van der Waals surface area contributed by atoms with Gasteiger partial charge in [0.25, 0.3) is 0 Å². The molecule has 0 N–H and O–H groups in total. The Hall–Kier alpha value is -2.44. The maximum atomic E-state index is 6.09. The molecule has 26 heavy (non-hydrogen) atoms. The van der Waals surface area contributed by atoms with Crippen LogP contribution < -0.4 is 0 Å². The zero-order valence-electron chi connectivity index (χ0n) is 15.3. The maximum absolute atomic E-state index is 6.09. The van der Waals surface area contributed by atoms with Crippen LogP contribution in [-0.2, 0) is 17.9 Å². The Bertz CT molecular complexity index is 820. The van der Waals surface area contributed by atoms with E-state index in [2.05, 4.69) is 39.3 Å². The minimum absolute atomic E-state index is 0.272. The predicted octanol–water partition coefficient (Wildman–Crippen LogP) is 3.27. The zero-order chi connectivity index (χ0) is 17.9. The van der Waals surface area contributed by atoms with Crippen LogP contribution in [-0.4, -0.2) is 38.8 Å². The van der Waals surface area contributed by atoms with Crippen LogP contribution in [0, 0.1) is 13.8 Å². The highest BCUT2D eigenvalue weighted by Gasteiger charge is 2.24. The summed E-state index contributed by atoms with van der Waals surface area (Å²) in [5.74, 6) is 0.857. The fraction of sp³-hybridized carbons (Fsp3) is 0.400. The molecule has 1 aromatic carbocycles. The fourth-order valence-corrected chi connectivity index (χ4v) is 3.43. The van der Waals surface area contributed by atoms with Crippen LogP contribution in [0.15, 0.2) is 47.5 Å². The number of hydrogen-bond acceptors (Lipinski definition) is 5. The van der Waals surface area contributed by atoms with Gasteiger partial charge in [0, 0.05) is 43.3 Å². The molecule has 1 saturated heterocycles. The molecule has 3 heterocycles. The first-order valence-corrected chi connectivity index (χ1v) is 9.02. The van der Waals surface area contributed by atoms with Gasteiger partial charge < -0.3 is 13.8 Å². The van der Waals surface area contributed by atoms with Crippen LogP contribution in [0.25, 0.3) is 5.69 Å². The van der Waals surface area contributed by atoms with Crippen LogP contribution >= 0.6 is 0 Å². The Morgan fingerprint density at radius 2 is 2.08 bits per heavy atom. The molecule has 6 nitrogen and oxygen atoms in total. The lowest BCUT2D eigenvalue weighted by molar-refractivity contribution is 0.0453. The Morgan fingerprint density at radius 3 is 2.77 bits per heavy atom. The van der Waals surface area contributed by atoms with Gasteiger partial charge in [-0.25, -0.2) is 4.98 Å². The number of aromatic nitrogens is 3. The lowest BCUT2D eigenvalue weighted by atomic mass is 10.2. The van der Waals surface area contributed by atoms with Gasteiger partial charge in [0.2, 0.25) is 0 Å². The second-order valence-corrected chi connectivity index (χ2v) is 6.90. The van der Waals surface area contributed by atoms with Crippen molar-refractivity contribution in [3.63, 3.8) is 0 Å². The van der Waals surface area contributed by atoms with E-state index in [9.17, 15) is 0 Å². The minimum Gasteiger partial charge on any atom is -0.372 e. The molecule has 0 saturated carbocycles. The van der Waals surface area contributed by atoms with Crippen LogP contribution in [0.5, 0.6) is 0 Å². The predicted molar refractivity (Wildman–Crippen MR) is 98.0 cm³/mol. The number of nitrogens with zero attached hydrogens (tertiary/aromatic N) is 4. The SMILES string of the molecule is Cc1noc(C)c1COC1CCN(Cc2ccc(-n3ccnc3)cc2)C1. The third-order valence-electron chi connectivity index (χ3n) is 5.02. The molecule has 1 aliphatic rings. The number of likely N-dealkylation sites (tertiary alicyclic amines) is 1. The standard InChI is InChI=1S/C20H24N4O2/c1-15-20(16(2)26-22-15)13-25-19-7-9-23(12-19)11-17-3-5-18(6-4-17)24-10-8-21-14-24/h3-6,8,10,14,19H,7,9,11-13H2,1-2H3. The number of benzene rings is 1. The van der Waals surface area contributed by atoms with Crippen LogP contribution in [0.2, 0.25) is 0 Å². The summed E-state index contributed by atoms with van der Waals surface area (Å²) in [5, 5.41) is 3.99. The van der Waals surface area contributed by atoms with E-state index in [1.165, 1.54) is 5.56 Å². The third-order valence-corrected chi connectivity index (χ3v) is 5.02. The Balaban J connectivity index is 1.29. The highest BCUT2D eigenvalue weighted by molar-refractivity contribution is 5.34. The molecule has 1 aliphatic heterocycles. The quantitative estimate of drug-likeness (QED) is 0.681. The van der Waals surface area contributed by atoms with Crippen molar-refractivity contribution in [2.24, 2.45) is 0 Å². The van der Waals surface area contributed by atoms with Crippen molar-refractivity contribution in [2.75, 3.05) is 13.1 Å². The lowest BCUT2D eigenvalue weighted by Crippen LogP contribution is -2.23. The van der Waals surface area contributed by atoms with E-state index in [0.29, 0.717) is 6.61 Å². The summed E-state index contributed by atoms with van der Waals surface area (Å²) in [6.07, 6.45) is 6.90. The van der Waals surface area contributed by atoms with Crippen molar-refractivity contribution < 1.29 is 9.26 Å². The second-order valence-electron chi connectivity index (χ2n) is 6.90. The second kappa shape index (κ2) is 7.43. The lowest BCUT2D eigenvalue weighted by Gasteiger charge is -2.16. The van der Waals surface area contributed by atoms with E-state index >= 15 is 0 Å². The summed E-state index contributed by atoms with van der Waals surface area (Å²) >= 11 is 0. The molecule has 1 fully saturated rings. The molecule has 0 spiro atoms. The van der Waals surface area contributed by atoms with Gasteiger partial charge in [0.05, 0.1) is 24.7 Å². The summed E-state index contributed by atoms with van der Waals surface area (Å²) in [6.45, 7) is 7.47. The van der Waals surface area contributed by atoms with Crippen molar-refractivity contribution in [2.45, 2.75) is 39.5 Å². The highest BCUT2D eigenvalue weighted by Crippen LogP contribution is 2.20. The van der Waals surface area contributed by atoms with Crippen molar-refractivity contribution in [3.8, 4) is 5.69 Å². The maximum Gasteiger partial charge on any atom is 0.139 e. The van der Waals surface area contributed by atoms with E-state index in [1.807, 2.05) is 30.9 Å². The summed E-state index contributed by atoms with van der Waals surface area (Å²) in [5.41, 5.74) is 4.46. The number of rotatable bonds is 6. The molecular formula is C20H24N4O2. The molecule has 2 aromatic heterocycles. The first-order chi connectivity index (χ1) is 12.7. The van der Waals surface area contributed by atoms with Gasteiger partial charge in [-0.1, -0.05) is 17.3 Å². The molecule has 0 radical (unpaired) electrons. The van der Waals surface area contributed by atoms with Crippen molar-refractivity contribution in [1.29, 1.82) is 0 Å². The van der Waals surface area contributed by atoms with Crippen LogP contribution in [0.3, 0.4) is 0 Å². The van der Waals surface area contributed by atoms with E-state index in [-0.39, 0.29) is 6.10 Å². The molecule has 1 atom stereocenters. The van der Waals surface area contributed by atoms with E-state index < -0.39 is 0 Å². The summed E-state index contributed by atoms with van der Waals surface area (Å²) in [7, 11) is 0. The first-order valence-electron chi connectivity index (χ1n) is 9.02. The third kappa shape index (κ3) is 3.71. The molecule has 0 bridgehead atoms. The van der Waals surface area contributed by atoms with Crippen LogP contribution in [0.4, 0.5) is 0 Å². The van der Waals surface area contributed by atoms with Gasteiger partial charge in [-0.15, -0.1) is 0 Å². The number of imidazole rings is 1. The van der Waals surface area contributed by atoms with Gasteiger partial charge >= 0.3 is 0 Å². The largest absolute Gasteiger partial charge is 0.372 e. The average molecular weight is 352 g/mol.